The molecule has 0 spiro atoms. The molecule has 2 aromatic rings. The van der Waals surface area contributed by atoms with Gasteiger partial charge in [-0.3, -0.25) is 14.4 Å². The Bertz CT molecular complexity index is 1040. The van der Waals surface area contributed by atoms with Crippen LogP contribution in [0.5, 0.6) is 0 Å². The third kappa shape index (κ3) is 5.45. The predicted octanol–water partition coefficient (Wildman–Crippen LogP) is 3.36. The van der Waals surface area contributed by atoms with Gasteiger partial charge in [0.25, 0.3) is 5.91 Å². The van der Waals surface area contributed by atoms with Crippen LogP contribution in [0.1, 0.15) is 29.3 Å². The standard InChI is InChI=1S/C23H23ClN2O6/c1-3-31-22(29)15-7-9-17(10-8-15)26-12-16(11-21(26)28)23(30)32-13-20(27)25-19-6-4-5-18(24)14(19)2/h4-10,16H,3,11-13H2,1-2H3,(H,25,27)/t16-/m1/s1. The van der Waals surface area contributed by atoms with E-state index in [-0.39, 0.29) is 25.5 Å². The van der Waals surface area contributed by atoms with E-state index < -0.39 is 30.4 Å². The summed E-state index contributed by atoms with van der Waals surface area (Å²) in [5.41, 5.74) is 2.18. The number of carbonyl (C=O) groups is 4. The van der Waals surface area contributed by atoms with Crippen molar-refractivity contribution in [3.63, 3.8) is 0 Å². The molecule has 168 valence electrons. The van der Waals surface area contributed by atoms with E-state index in [9.17, 15) is 19.2 Å². The minimum atomic E-state index is -0.687. The van der Waals surface area contributed by atoms with E-state index in [1.54, 1.807) is 56.3 Å². The maximum Gasteiger partial charge on any atom is 0.338 e. The fourth-order valence-electron chi connectivity index (χ4n) is 3.29. The second-order valence-electron chi connectivity index (χ2n) is 7.24. The second kappa shape index (κ2) is 10.3. The number of anilines is 2. The molecule has 9 heteroatoms. The van der Waals surface area contributed by atoms with E-state index in [2.05, 4.69) is 5.32 Å². The van der Waals surface area contributed by atoms with Gasteiger partial charge < -0.3 is 19.7 Å². The van der Waals surface area contributed by atoms with E-state index in [1.807, 2.05) is 0 Å². The smallest absolute Gasteiger partial charge is 0.338 e. The van der Waals surface area contributed by atoms with Crippen LogP contribution in [0.4, 0.5) is 11.4 Å². The topological polar surface area (TPSA) is 102 Å². The van der Waals surface area contributed by atoms with Gasteiger partial charge in [0.2, 0.25) is 5.91 Å². The van der Waals surface area contributed by atoms with Crippen molar-refractivity contribution in [2.45, 2.75) is 20.3 Å². The van der Waals surface area contributed by atoms with Gasteiger partial charge in [-0.25, -0.2) is 4.79 Å². The number of rotatable bonds is 7. The molecule has 1 atom stereocenters. The van der Waals surface area contributed by atoms with E-state index >= 15 is 0 Å². The Morgan fingerprint density at radius 1 is 1.12 bits per heavy atom. The molecule has 2 amide bonds. The van der Waals surface area contributed by atoms with Gasteiger partial charge in [-0.05, 0) is 55.8 Å². The van der Waals surface area contributed by atoms with Gasteiger partial charge in [0.15, 0.2) is 6.61 Å². The molecule has 0 saturated carbocycles. The SMILES string of the molecule is CCOC(=O)c1ccc(N2C[C@H](C(=O)OCC(=O)Nc3cccc(Cl)c3C)CC2=O)cc1. The maximum atomic E-state index is 12.4. The lowest BCUT2D eigenvalue weighted by atomic mass is 10.1. The number of hydrogen-bond acceptors (Lipinski definition) is 6. The highest BCUT2D eigenvalue weighted by atomic mass is 35.5. The first-order valence-corrected chi connectivity index (χ1v) is 10.5. The third-order valence-electron chi connectivity index (χ3n) is 5.04. The molecule has 1 heterocycles. The number of hydrogen-bond donors (Lipinski definition) is 1. The first-order chi connectivity index (χ1) is 15.3. The molecular formula is C23H23ClN2O6. The Labute approximate surface area is 190 Å². The summed E-state index contributed by atoms with van der Waals surface area (Å²) < 4.78 is 10.1. The van der Waals surface area contributed by atoms with Gasteiger partial charge in [0.05, 0.1) is 18.1 Å². The van der Waals surface area contributed by atoms with Gasteiger partial charge in [-0.1, -0.05) is 17.7 Å². The Kier molecular flexibility index (Phi) is 7.48. The molecule has 3 rings (SSSR count). The molecule has 0 radical (unpaired) electrons. The van der Waals surface area contributed by atoms with Crippen LogP contribution in [0.2, 0.25) is 5.02 Å². The largest absolute Gasteiger partial charge is 0.462 e. The lowest BCUT2D eigenvalue weighted by Gasteiger charge is -2.17. The van der Waals surface area contributed by atoms with Crippen molar-refractivity contribution >= 4 is 46.7 Å². The molecular weight excluding hydrogens is 436 g/mol. The number of nitrogens with zero attached hydrogens (tertiary/aromatic N) is 1. The number of ether oxygens (including phenoxy) is 2. The van der Waals surface area contributed by atoms with Crippen molar-refractivity contribution in [1.29, 1.82) is 0 Å². The predicted molar refractivity (Wildman–Crippen MR) is 119 cm³/mol. The molecule has 1 saturated heterocycles. The van der Waals surface area contributed by atoms with Crippen molar-refractivity contribution < 1.29 is 28.7 Å². The van der Waals surface area contributed by atoms with Crippen LogP contribution in [0.15, 0.2) is 42.5 Å². The number of carbonyl (C=O) groups excluding carboxylic acids is 4. The van der Waals surface area contributed by atoms with Crippen LogP contribution in [0.3, 0.4) is 0 Å². The molecule has 1 fully saturated rings. The molecule has 0 aliphatic carbocycles. The van der Waals surface area contributed by atoms with Gasteiger partial charge in [0, 0.05) is 29.4 Å². The first kappa shape index (κ1) is 23.3. The second-order valence-corrected chi connectivity index (χ2v) is 7.65. The Hall–Kier alpha value is -3.39. The van der Waals surface area contributed by atoms with Gasteiger partial charge in [0.1, 0.15) is 0 Å². The van der Waals surface area contributed by atoms with Crippen molar-refractivity contribution in [2.24, 2.45) is 5.92 Å². The molecule has 32 heavy (non-hydrogen) atoms. The lowest BCUT2D eigenvalue weighted by molar-refractivity contribution is -0.151. The summed E-state index contributed by atoms with van der Waals surface area (Å²) in [5, 5.41) is 3.16. The van der Waals surface area contributed by atoms with E-state index in [0.717, 1.165) is 0 Å². The zero-order chi connectivity index (χ0) is 23.3. The summed E-state index contributed by atoms with van der Waals surface area (Å²) in [4.78, 5) is 50.1. The van der Waals surface area contributed by atoms with Crippen molar-refractivity contribution in [1.82, 2.24) is 0 Å². The Balaban J connectivity index is 1.54. The summed E-state index contributed by atoms with van der Waals surface area (Å²) in [7, 11) is 0. The molecule has 1 aliphatic heterocycles. The fraction of sp³-hybridized carbons (Fsp3) is 0.304. The summed E-state index contributed by atoms with van der Waals surface area (Å²) in [5.74, 6) is -2.50. The quantitative estimate of drug-likeness (QED) is 0.638. The van der Waals surface area contributed by atoms with Crippen LogP contribution in [0, 0.1) is 12.8 Å². The van der Waals surface area contributed by atoms with Crippen LogP contribution in [-0.4, -0.2) is 43.5 Å². The third-order valence-corrected chi connectivity index (χ3v) is 5.45. The summed E-state index contributed by atoms with van der Waals surface area (Å²) in [6, 6.07) is 11.5. The minimum Gasteiger partial charge on any atom is -0.462 e. The average molecular weight is 459 g/mol. The molecule has 0 unspecified atom stereocenters. The first-order valence-electron chi connectivity index (χ1n) is 10.1. The molecule has 0 aromatic heterocycles. The average Bonchev–Trinajstić information content (AvgIpc) is 3.17. The monoisotopic (exact) mass is 458 g/mol. The minimum absolute atomic E-state index is 0.0204. The number of nitrogens with one attached hydrogen (secondary N) is 1. The maximum absolute atomic E-state index is 12.4. The van der Waals surface area contributed by atoms with Crippen LogP contribution < -0.4 is 10.2 Å². The molecule has 2 aromatic carbocycles. The molecule has 8 nitrogen and oxygen atoms in total. The number of halogens is 1. The van der Waals surface area contributed by atoms with Gasteiger partial charge >= 0.3 is 11.9 Å². The highest BCUT2D eigenvalue weighted by Gasteiger charge is 2.36. The Morgan fingerprint density at radius 3 is 2.53 bits per heavy atom. The van der Waals surface area contributed by atoms with Gasteiger partial charge in [-0.15, -0.1) is 0 Å². The van der Waals surface area contributed by atoms with Crippen molar-refractivity contribution in [3.05, 3.63) is 58.6 Å². The fourth-order valence-corrected chi connectivity index (χ4v) is 3.47. The molecule has 1 N–H and O–H groups in total. The van der Waals surface area contributed by atoms with E-state index in [1.165, 1.54) is 4.90 Å². The summed E-state index contributed by atoms with van der Waals surface area (Å²) >= 11 is 6.03. The highest BCUT2D eigenvalue weighted by molar-refractivity contribution is 6.31. The number of benzene rings is 2. The number of esters is 2. The Morgan fingerprint density at radius 2 is 1.84 bits per heavy atom. The zero-order valence-corrected chi connectivity index (χ0v) is 18.5. The number of amides is 2. The summed E-state index contributed by atoms with van der Waals surface area (Å²) in [6.45, 7) is 3.42. The molecule has 1 aliphatic rings. The normalized spacial score (nSPS) is 15.4. The highest BCUT2D eigenvalue weighted by Crippen LogP contribution is 2.27. The van der Waals surface area contributed by atoms with Crippen molar-refractivity contribution in [3.8, 4) is 0 Å². The van der Waals surface area contributed by atoms with Crippen LogP contribution >= 0.6 is 11.6 Å². The van der Waals surface area contributed by atoms with Crippen LogP contribution in [0.25, 0.3) is 0 Å². The van der Waals surface area contributed by atoms with Crippen LogP contribution in [-0.2, 0) is 23.9 Å². The lowest BCUT2D eigenvalue weighted by Crippen LogP contribution is -2.28. The van der Waals surface area contributed by atoms with E-state index in [4.69, 9.17) is 21.1 Å². The zero-order valence-electron chi connectivity index (χ0n) is 17.7. The van der Waals surface area contributed by atoms with E-state index in [0.29, 0.717) is 27.5 Å². The summed E-state index contributed by atoms with van der Waals surface area (Å²) in [6.07, 6.45) is -0.0204. The molecule has 0 bridgehead atoms. The van der Waals surface area contributed by atoms with Gasteiger partial charge in [-0.2, -0.15) is 0 Å². The van der Waals surface area contributed by atoms with Crippen molar-refractivity contribution in [2.75, 3.05) is 30.0 Å².